The van der Waals surface area contributed by atoms with Crippen LogP contribution in [0.4, 0.5) is 0 Å². The van der Waals surface area contributed by atoms with E-state index in [1.54, 1.807) is 13.2 Å². The number of aromatic nitrogens is 2. The zero-order valence-corrected chi connectivity index (χ0v) is 6.58. The van der Waals surface area contributed by atoms with Crippen molar-refractivity contribution in [1.29, 1.82) is 0 Å². The third-order valence-electron chi connectivity index (χ3n) is 1.13. The Morgan fingerprint density at radius 2 is 2.55 bits per heavy atom. The van der Waals surface area contributed by atoms with Crippen molar-refractivity contribution in [2.45, 2.75) is 0 Å². The van der Waals surface area contributed by atoms with E-state index in [4.69, 9.17) is 22.5 Å². The van der Waals surface area contributed by atoms with Gasteiger partial charge < -0.3 is 10.9 Å². The third-order valence-corrected chi connectivity index (χ3v) is 1.41. The number of oxime groups is 1. The predicted molar refractivity (Wildman–Crippen MR) is 40.7 cm³/mol. The number of nitrogens with zero attached hydrogens (tertiary/aromatic N) is 3. The van der Waals surface area contributed by atoms with Crippen LogP contribution in [0.5, 0.6) is 0 Å². The fourth-order valence-electron chi connectivity index (χ4n) is 0.680. The van der Waals surface area contributed by atoms with E-state index in [-0.39, 0.29) is 11.5 Å². The van der Waals surface area contributed by atoms with Gasteiger partial charge in [0.15, 0.2) is 5.84 Å². The second-order valence-corrected chi connectivity index (χ2v) is 2.39. The number of hydrogen-bond donors (Lipinski definition) is 2. The normalized spacial score (nSPS) is 12.0. The molecule has 1 rings (SSSR count). The summed E-state index contributed by atoms with van der Waals surface area (Å²) in [7, 11) is 1.69. The number of rotatable bonds is 1. The van der Waals surface area contributed by atoms with Gasteiger partial charge in [0, 0.05) is 13.2 Å². The van der Waals surface area contributed by atoms with Crippen molar-refractivity contribution < 1.29 is 5.21 Å². The van der Waals surface area contributed by atoms with Gasteiger partial charge in [0.2, 0.25) is 0 Å². The maximum Gasteiger partial charge on any atom is 0.192 e. The minimum atomic E-state index is -0.0874. The molecular weight excluding hydrogens is 168 g/mol. The molecule has 0 saturated carbocycles. The molecule has 11 heavy (non-hydrogen) atoms. The van der Waals surface area contributed by atoms with Crippen molar-refractivity contribution in [3.63, 3.8) is 0 Å². The molecule has 0 atom stereocenters. The standard InChI is InChI=1S/C5H7ClN4O/c1-10-2-3(6)4(8-10)5(7)9-11/h2,11H,1H3,(H2,7,9). The Labute approximate surface area is 68.1 Å². The molecular formula is C5H7ClN4O. The summed E-state index contributed by atoms with van der Waals surface area (Å²) < 4.78 is 1.48. The largest absolute Gasteiger partial charge is 0.409 e. The van der Waals surface area contributed by atoms with E-state index in [0.717, 1.165) is 0 Å². The molecule has 1 heterocycles. The molecule has 0 fully saturated rings. The maximum absolute atomic E-state index is 8.28. The fourth-order valence-corrected chi connectivity index (χ4v) is 0.956. The van der Waals surface area contributed by atoms with Crippen molar-refractivity contribution in [2.24, 2.45) is 17.9 Å². The van der Waals surface area contributed by atoms with Crippen molar-refractivity contribution >= 4 is 17.4 Å². The SMILES string of the molecule is Cn1cc(Cl)c(/C(N)=N\O)n1. The summed E-state index contributed by atoms with van der Waals surface area (Å²) in [5.74, 6) is -0.0874. The smallest absolute Gasteiger partial charge is 0.192 e. The van der Waals surface area contributed by atoms with Gasteiger partial charge in [-0.3, -0.25) is 4.68 Å². The summed E-state index contributed by atoms with van der Waals surface area (Å²) in [5, 5.41) is 15.3. The van der Waals surface area contributed by atoms with Crippen LogP contribution in [0.2, 0.25) is 5.02 Å². The molecule has 0 amide bonds. The van der Waals surface area contributed by atoms with Crippen LogP contribution in [0.1, 0.15) is 5.69 Å². The van der Waals surface area contributed by atoms with Gasteiger partial charge in [-0.05, 0) is 0 Å². The molecule has 0 saturated heterocycles. The zero-order valence-electron chi connectivity index (χ0n) is 5.82. The molecule has 1 aromatic rings. The van der Waals surface area contributed by atoms with Gasteiger partial charge in [0.25, 0.3) is 0 Å². The van der Waals surface area contributed by atoms with E-state index in [9.17, 15) is 0 Å². The molecule has 0 aromatic carbocycles. The van der Waals surface area contributed by atoms with Gasteiger partial charge in [0.05, 0.1) is 5.02 Å². The molecule has 5 nitrogen and oxygen atoms in total. The van der Waals surface area contributed by atoms with Gasteiger partial charge in [0.1, 0.15) is 5.69 Å². The highest BCUT2D eigenvalue weighted by atomic mass is 35.5. The number of amidine groups is 1. The summed E-state index contributed by atoms with van der Waals surface area (Å²) in [6.45, 7) is 0. The average Bonchev–Trinajstić information content (AvgIpc) is 2.28. The van der Waals surface area contributed by atoms with Crippen LogP contribution in [-0.2, 0) is 7.05 Å². The van der Waals surface area contributed by atoms with Gasteiger partial charge >= 0.3 is 0 Å². The first-order valence-electron chi connectivity index (χ1n) is 2.82. The summed E-state index contributed by atoms with van der Waals surface area (Å²) in [6.07, 6.45) is 1.56. The van der Waals surface area contributed by atoms with Crippen molar-refractivity contribution in [1.82, 2.24) is 9.78 Å². The van der Waals surface area contributed by atoms with E-state index in [1.165, 1.54) is 4.68 Å². The van der Waals surface area contributed by atoms with Crippen molar-refractivity contribution in [3.05, 3.63) is 16.9 Å². The molecule has 60 valence electrons. The maximum atomic E-state index is 8.28. The minimum Gasteiger partial charge on any atom is -0.409 e. The monoisotopic (exact) mass is 174 g/mol. The number of hydrogen-bond acceptors (Lipinski definition) is 3. The highest BCUT2D eigenvalue weighted by Crippen LogP contribution is 2.11. The minimum absolute atomic E-state index is 0.0874. The quantitative estimate of drug-likeness (QED) is 0.276. The highest BCUT2D eigenvalue weighted by Gasteiger charge is 2.08. The summed E-state index contributed by atoms with van der Waals surface area (Å²) in [5.41, 5.74) is 5.54. The first-order valence-corrected chi connectivity index (χ1v) is 3.20. The lowest BCUT2D eigenvalue weighted by Gasteiger charge is -1.90. The van der Waals surface area contributed by atoms with Crippen LogP contribution >= 0.6 is 11.6 Å². The summed E-state index contributed by atoms with van der Waals surface area (Å²) in [6, 6.07) is 0. The van der Waals surface area contributed by atoms with Gasteiger partial charge in [-0.15, -0.1) is 0 Å². The number of aryl methyl sites for hydroxylation is 1. The second-order valence-electron chi connectivity index (χ2n) is 1.98. The van der Waals surface area contributed by atoms with Crippen molar-refractivity contribution in [3.8, 4) is 0 Å². The topological polar surface area (TPSA) is 76.4 Å². The first kappa shape index (κ1) is 7.87. The van der Waals surface area contributed by atoms with E-state index in [0.29, 0.717) is 5.02 Å². The summed E-state index contributed by atoms with van der Waals surface area (Å²) >= 11 is 5.66. The highest BCUT2D eigenvalue weighted by molar-refractivity contribution is 6.33. The Morgan fingerprint density at radius 1 is 1.91 bits per heavy atom. The molecule has 0 bridgehead atoms. The Balaban J connectivity index is 3.13. The predicted octanol–water partition coefficient (Wildman–Crippen LogP) is 0.168. The molecule has 0 spiro atoms. The van der Waals surface area contributed by atoms with Crippen LogP contribution in [0.15, 0.2) is 11.4 Å². The van der Waals surface area contributed by atoms with Gasteiger partial charge in [-0.25, -0.2) is 0 Å². The molecule has 3 N–H and O–H groups in total. The van der Waals surface area contributed by atoms with Gasteiger partial charge in [-0.2, -0.15) is 5.10 Å². The molecule has 0 unspecified atom stereocenters. The van der Waals surface area contributed by atoms with E-state index < -0.39 is 0 Å². The van der Waals surface area contributed by atoms with Crippen LogP contribution in [0.25, 0.3) is 0 Å². The van der Waals surface area contributed by atoms with E-state index >= 15 is 0 Å². The lowest BCUT2D eigenvalue weighted by Crippen LogP contribution is -2.14. The molecule has 0 aliphatic rings. The molecule has 0 radical (unpaired) electrons. The van der Waals surface area contributed by atoms with Crippen LogP contribution in [0, 0.1) is 0 Å². The summed E-state index contributed by atoms with van der Waals surface area (Å²) in [4.78, 5) is 0. The Hall–Kier alpha value is -1.23. The Bertz CT molecular complexity index is 293. The zero-order chi connectivity index (χ0) is 8.43. The average molecular weight is 175 g/mol. The Kier molecular flexibility index (Phi) is 2.00. The lowest BCUT2D eigenvalue weighted by atomic mass is 10.4. The number of nitrogens with two attached hydrogens (primary N) is 1. The van der Waals surface area contributed by atoms with Crippen LogP contribution in [-0.4, -0.2) is 20.8 Å². The molecule has 1 aromatic heterocycles. The molecule has 0 aliphatic heterocycles. The first-order chi connectivity index (χ1) is 5.15. The fraction of sp³-hybridized carbons (Fsp3) is 0.200. The number of halogens is 1. The molecule has 0 aliphatic carbocycles. The van der Waals surface area contributed by atoms with E-state index in [1.807, 2.05) is 0 Å². The third kappa shape index (κ3) is 1.43. The second kappa shape index (κ2) is 2.79. The Morgan fingerprint density at radius 3 is 2.91 bits per heavy atom. The van der Waals surface area contributed by atoms with Crippen LogP contribution < -0.4 is 5.73 Å². The van der Waals surface area contributed by atoms with Gasteiger partial charge in [-0.1, -0.05) is 16.8 Å². The lowest BCUT2D eigenvalue weighted by molar-refractivity contribution is 0.318. The van der Waals surface area contributed by atoms with E-state index in [2.05, 4.69) is 10.3 Å². The van der Waals surface area contributed by atoms with Crippen LogP contribution in [0.3, 0.4) is 0 Å². The van der Waals surface area contributed by atoms with Crippen molar-refractivity contribution in [2.75, 3.05) is 0 Å². The molecule has 6 heteroatoms.